The van der Waals surface area contributed by atoms with Crippen LogP contribution in [-0.2, 0) is 0 Å². The molecule has 0 radical (unpaired) electrons. The fraction of sp³-hybridized carbons (Fsp3) is 0.500. The minimum absolute atomic E-state index is 0.00849. The van der Waals surface area contributed by atoms with Gasteiger partial charge in [0.15, 0.2) is 5.78 Å². The smallest absolute Gasteiger partial charge is 0.165 e. The molecule has 2 unspecified atom stereocenters. The van der Waals surface area contributed by atoms with Crippen LogP contribution in [0.4, 0.5) is 4.39 Å². The van der Waals surface area contributed by atoms with Gasteiger partial charge < -0.3 is 5.73 Å². The van der Waals surface area contributed by atoms with Crippen molar-refractivity contribution in [3.63, 3.8) is 0 Å². The summed E-state index contributed by atoms with van der Waals surface area (Å²) in [7, 11) is 0. The third-order valence-corrected chi connectivity index (χ3v) is 2.85. The van der Waals surface area contributed by atoms with Crippen LogP contribution in [0.2, 0.25) is 0 Å². The zero-order valence-corrected chi connectivity index (χ0v) is 10.4. The quantitative estimate of drug-likeness (QED) is 0.772. The van der Waals surface area contributed by atoms with E-state index in [4.69, 9.17) is 5.73 Å². The van der Waals surface area contributed by atoms with Crippen LogP contribution in [0.1, 0.15) is 43.5 Å². The molecule has 1 aromatic rings. The Morgan fingerprint density at radius 3 is 2.65 bits per heavy atom. The molecule has 0 aliphatic carbocycles. The topological polar surface area (TPSA) is 43.1 Å². The van der Waals surface area contributed by atoms with Gasteiger partial charge in [0.2, 0.25) is 0 Å². The summed E-state index contributed by atoms with van der Waals surface area (Å²) in [5.74, 6) is -0.427. The van der Waals surface area contributed by atoms with E-state index in [0.717, 1.165) is 19.3 Å². The van der Waals surface area contributed by atoms with Gasteiger partial charge in [-0.2, -0.15) is 0 Å². The molecular formula is C14H20FNO. The van der Waals surface area contributed by atoms with Crippen molar-refractivity contribution in [1.29, 1.82) is 0 Å². The number of ketones is 1. The molecule has 0 bridgehead atoms. The fourth-order valence-electron chi connectivity index (χ4n) is 1.80. The van der Waals surface area contributed by atoms with Crippen LogP contribution in [0.25, 0.3) is 0 Å². The summed E-state index contributed by atoms with van der Waals surface area (Å²) in [6.07, 6.45) is 2.65. The number of carbonyl (C=O) groups is 1. The second kappa shape index (κ2) is 6.50. The van der Waals surface area contributed by atoms with Crippen molar-refractivity contribution in [3.8, 4) is 0 Å². The maximum absolute atomic E-state index is 13.0. The van der Waals surface area contributed by atoms with Crippen LogP contribution in [-0.4, -0.2) is 11.8 Å². The molecule has 2 atom stereocenters. The van der Waals surface area contributed by atoms with E-state index in [1.54, 1.807) is 12.1 Å². The van der Waals surface area contributed by atoms with E-state index in [-0.39, 0.29) is 23.6 Å². The van der Waals surface area contributed by atoms with Crippen molar-refractivity contribution in [2.45, 2.75) is 39.2 Å². The Hall–Kier alpha value is -1.22. The van der Waals surface area contributed by atoms with Gasteiger partial charge in [0.1, 0.15) is 5.82 Å². The molecule has 2 nitrogen and oxygen atoms in total. The molecule has 0 aromatic heterocycles. The number of benzene rings is 1. The average molecular weight is 237 g/mol. The molecule has 0 spiro atoms. The second-order valence-electron chi connectivity index (χ2n) is 4.68. The normalized spacial score (nSPS) is 14.4. The zero-order valence-electron chi connectivity index (χ0n) is 10.4. The molecule has 1 aromatic carbocycles. The van der Waals surface area contributed by atoms with E-state index in [9.17, 15) is 9.18 Å². The number of Topliss-reactive ketones (excluding diaryl/α,β-unsaturated/α-hetero) is 1. The van der Waals surface area contributed by atoms with E-state index >= 15 is 0 Å². The number of rotatable bonds is 6. The van der Waals surface area contributed by atoms with Crippen molar-refractivity contribution >= 4 is 5.78 Å². The first-order valence-corrected chi connectivity index (χ1v) is 6.06. The Bertz CT molecular complexity index is 376. The van der Waals surface area contributed by atoms with E-state index in [1.807, 2.05) is 13.8 Å². The Balaban J connectivity index is 2.52. The van der Waals surface area contributed by atoms with E-state index in [1.165, 1.54) is 12.1 Å². The first-order valence-electron chi connectivity index (χ1n) is 6.06. The number of hydrogen-bond donors (Lipinski definition) is 1. The average Bonchev–Trinajstić information content (AvgIpc) is 2.27. The molecule has 94 valence electrons. The summed E-state index contributed by atoms with van der Waals surface area (Å²) in [6, 6.07) is 6.04. The van der Waals surface area contributed by atoms with Gasteiger partial charge in [0, 0.05) is 17.5 Å². The fourth-order valence-corrected chi connectivity index (χ4v) is 1.80. The monoisotopic (exact) mass is 237 g/mol. The summed E-state index contributed by atoms with van der Waals surface area (Å²) >= 11 is 0. The highest BCUT2D eigenvalue weighted by Gasteiger charge is 2.15. The van der Waals surface area contributed by atoms with Crippen LogP contribution in [0.5, 0.6) is 0 Å². The minimum Gasteiger partial charge on any atom is -0.328 e. The van der Waals surface area contributed by atoms with Gasteiger partial charge in [0.05, 0.1) is 0 Å². The minimum atomic E-state index is -0.362. The third kappa shape index (κ3) is 4.65. The molecule has 17 heavy (non-hydrogen) atoms. The highest BCUT2D eigenvalue weighted by Crippen LogP contribution is 2.16. The Labute approximate surface area is 102 Å². The van der Waals surface area contributed by atoms with Crippen molar-refractivity contribution in [2.24, 2.45) is 11.7 Å². The van der Waals surface area contributed by atoms with Gasteiger partial charge >= 0.3 is 0 Å². The van der Waals surface area contributed by atoms with Gasteiger partial charge in [-0.05, 0) is 31.9 Å². The summed E-state index contributed by atoms with van der Waals surface area (Å²) < 4.78 is 13.0. The zero-order chi connectivity index (χ0) is 12.8. The summed E-state index contributed by atoms with van der Waals surface area (Å²) in [6.45, 7) is 3.84. The lowest BCUT2D eigenvalue weighted by Crippen LogP contribution is -2.16. The Morgan fingerprint density at radius 2 is 2.06 bits per heavy atom. The molecule has 1 rings (SSSR count). The lowest BCUT2D eigenvalue weighted by molar-refractivity contribution is 0.0921. The van der Waals surface area contributed by atoms with Crippen molar-refractivity contribution < 1.29 is 9.18 Å². The molecule has 0 saturated heterocycles. The number of nitrogens with two attached hydrogens (primary N) is 1. The molecule has 0 amide bonds. The second-order valence-corrected chi connectivity index (χ2v) is 4.68. The van der Waals surface area contributed by atoms with Crippen LogP contribution in [0, 0.1) is 11.7 Å². The molecule has 0 heterocycles. The van der Waals surface area contributed by atoms with Crippen LogP contribution >= 0.6 is 0 Å². The maximum Gasteiger partial charge on any atom is 0.165 e. The molecule has 0 aliphatic rings. The van der Waals surface area contributed by atoms with Gasteiger partial charge in [-0.1, -0.05) is 25.5 Å². The predicted octanol–water partition coefficient (Wildman–Crippen LogP) is 3.16. The van der Waals surface area contributed by atoms with E-state index in [2.05, 4.69) is 0 Å². The van der Waals surface area contributed by atoms with Crippen molar-refractivity contribution in [2.75, 3.05) is 0 Å². The summed E-state index contributed by atoms with van der Waals surface area (Å²) in [5.41, 5.74) is 6.11. The number of hydrogen-bond acceptors (Lipinski definition) is 2. The molecule has 0 aliphatic heterocycles. The highest BCUT2D eigenvalue weighted by atomic mass is 19.1. The highest BCUT2D eigenvalue weighted by molar-refractivity contribution is 5.97. The van der Waals surface area contributed by atoms with Gasteiger partial charge in [-0.25, -0.2) is 4.39 Å². The van der Waals surface area contributed by atoms with E-state index in [0.29, 0.717) is 5.56 Å². The molecular weight excluding hydrogens is 217 g/mol. The van der Waals surface area contributed by atoms with Crippen molar-refractivity contribution in [1.82, 2.24) is 0 Å². The SMILES string of the molecule is CC(N)CCCC(C)C(=O)c1cccc(F)c1. The van der Waals surface area contributed by atoms with Gasteiger partial charge in [0.25, 0.3) is 0 Å². The van der Waals surface area contributed by atoms with Gasteiger partial charge in [-0.3, -0.25) is 4.79 Å². The first kappa shape index (κ1) is 13.8. The maximum atomic E-state index is 13.0. The standard InChI is InChI=1S/C14H20FNO/c1-10(5-3-6-11(2)16)14(17)12-7-4-8-13(15)9-12/h4,7-11H,3,5-6,16H2,1-2H3. The lowest BCUT2D eigenvalue weighted by atomic mass is 9.93. The molecule has 3 heteroatoms. The van der Waals surface area contributed by atoms with Crippen LogP contribution < -0.4 is 5.73 Å². The van der Waals surface area contributed by atoms with Crippen LogP contribution in [0.3, 0.4) is 0 Å². The lowest BCUT2D eigenvalue weighted by Gasteiger charge is -2.11. The summed E-state index contributed by atoms with van der Waals surface area (Å²) in [4.78, 5) is 12.0. The number of carbonyl (C=O) groups excluding carboxylic acids is 1. The van der Waals surface area contributed by atoms with Crippen molar-refractivity contribution in [3.05, 3.63) is 35.6 Å². The molecule has 0 saturated carbocycles. The predicted molar refractivity (Wildman–Crippen MR) is 67.4 cm³/mol. The first-order chi connectivity index (χ1) is 8.00. The summed E-state index contributed by atoms with van der Waals surface area (Å²) in [5, 5.41) is 0. The molecule has 0 fully saturated rings. The van der Waals surface area contributed by atoms with E-state index < -0.39 is 0 Å². The Morgan fingerprint density at radius 1 is 1.35 bits per heavy atom. The number of halogens is 1. The van der Waals surface area contributed by atoms with Gasteiger partial charge in [-0.15, -0.1) is 0 Å². The Kier molecular flexibility index (Phi) is 5.29. The third-order valence-electron chi connectivity index (χ3n) is 2.85. The largest absolute Gasteiger partial charge is 0.328 e. The van der Waals surface area contributed by atoms with Crippen LogP contribution in [0.15, 0.2) is 24.3 Å². The molecule has 2 N–H and O–H groups in total.